The standard InChI is InChI=1S/C13H17F3N4O3/c1-23-8-12(11(17)22)4-2-5-20(12)10(21)7-19-6-3-9(18-19)13(14,15)16/h3,6H,2,4-5,7-8H2,1H3,(H2,17,22). The van der Waals surface area contributed by atoms with Crippen molar-refractivity contribution in [1.29, 1.82) is 0 Å². The number of hydrogen-bond donors (Lipinski definition) is 1. The molecule has 128 valence electrons. The molecule has 0 aromatic carbocycles. The van der Waals surface area contributed by atoms with E-state index in [4.69, 9.17) is 10.5 Å². The third kappa shape index (κ3) is 3.31. The smallest absolute Gasteiger partial charge is 0.382 e. The first-order chi connectivity index (χ1) is 10.7. The van der Waals surface area contributed by atoms with Gasteiger partial charge < -0.3 is 15.4 Å². The first kappa shape index (κ1) is 17.3. The summed E-state index contributed by atoms with van der Waals surface area (Å²) in [6.45, 7) is -0.172. The van der Waals surface area contributed by atoms with Crippen molar-refractivity contribution >= 4 is 11.8 Å². The number of hydrogen-bond acceptors (Lipinski definition) is 4. The second kappa shape index (κ2) is 6.19. The Morgan fingerprint density at radius 1 is 1.48 bits per heavy atom. The van der Waals surface area contributed by atoms with Crippen LogP contribution < -0.4 is 5.73 Å². The van der Waals surface area contributed by atoms with Gasteiger partial charge in [-0.05, 0) is 18.9 Å². The number of alkyl halides is 3. The molecule has 7 nitrogen and oxygen atoms in total. The van der Waals surface area contributed by atoms with E-state index >= 15 is 0 Å². The fraction of sp³-hybridized carbons (Fsp3) is 0.615. The van der Waals surface area contributed by atoms with Crippen LogP contribution in [0.25, 0.3) is 0 Å². The Hall–Kier alpha value is -2.10. The van der Waals surface area contributed by atoms with Gasteiger partial charge in [0.1, 0.15) is 12.1 Å². The number of rotatable bonds is 5. The van der Waals surface area contributed by atoms with Gasteiger partial charge in [0, 0.05) is 19.9 Å². The van der Waals surface area contributed by atoms with Crippen molar-refractivity contribution in [3.63, 3.8) is 0 Å². The fourth-order valence-electron chi connectivity index (χ4n) is 2.78. The number of likely N-dealkylation sites (tertiary alicyclic amines) is 1. The van der Waals surface area contributed by atoms with Crippen LogP contribution in [0.1, 0.15) is 18.5 Å². The van der Waals surface area contributed by atoms with Gasteiger partial charge in [0.2, 0.25) is 11.8 Å². The summed E-state index contributed by atoms with van der Waals surface area (Å²) in [5.74, 6) is -1.23. The molecule has 0 bridgehead atoms. The van der Waals surface area contributed by atoms with E-state index < -0.39 is 35.8 Å². The maximum Gasteiger partial charge on any atom is 0.435 e. The van der Waals surface area contributed by atoms with E-state index in [1.807, 2.05) is 0 Å². The second-order valence-electron chi connectivity index (χ2n) is 5.37. The van der Waals surface area contributed by atoms with Crippen molar-refractivity contribution in [2.75, 3.05) is 20.3 Å². The number of carbonyl (C=O) groups excluding carboxylic acids is 2. The van der Waals surface area contributed by atoms with Crippen molar-refractivity contribution in [3.05, 3.63) is 18.0 Å². The molecule has 0 saturated carbocycles. The number of aromatic nitrogens is 2. The number of nitrogens with zero attached hydrogens (tertiary/aromatic N) is 3. The average molecular weight is 334 g/mol. The van der Waals surface area contributed by atoms with Gasteiger partial charge in [0.05, 0.1) is 6.61 Å². The Balaban J connectivity index is 2.16. The molecule has 2 rings (SSSR count). The number of methoxy groups -OCH3 is 1. The van der Waals surface area contributed by atoms with Crippen LogP contribution in [0.4, 0.5) is 13.2 Å². The molecule has 10 heteroatoms. The van der Waals surface area contributed by atoms with Gasteiger partial charge in [-0.25, -0.2) is 0 Å². The molecule has 1 fully saturated rings. The lowest BCUT2D eigenvalue weighted by atomic mass is 9.96. The topological polar surface area (TPSA) is 90.5 Å². The van der Waals surface area contributed by atoms with Crippen molar-refractivity contribution in [3.8, 4) is 0 Å². The SMILES string of the molecule is COCC1(C(N)=O)CCCN1C(=O)Cn1ccc(C(F)(F)F)n1. The summed E-state index contributed by atoms with van der Waals surface area (Å²) in [7, 11) is 1.38. The lowest BCUT2D eigenvalue weighted by Gasteiger charge is -2.35. The minimum Gasteiger partial charge on any atom is -0.382 e. The van der Waals surface area contributed by atoms with E-state index in [0.29, 0.717) is 19.4 Å². The molecule has 2 N–H and O–H groups in total. The van der Waals surface area contributed by atoms with Crippen LogP contribution in [0.3, 0.4) is 0 Å². The number of halogens is 3. The molecule has 1 atom stereocenters. The van der Waals surface area contributed by atoms with E-state index in [1.165, 1.54) is 12.0 Å². The molecule has 1 aliphatic rings. The van der Waals surface area contributed by atoms with Gasteiger partial charge in [-0.1, -0.05) is 0 Å². The van der Waals surface area contributed by atoms with E-state index in [9.17, 15) is 22.8 Å². The Morgan fingerprint density at radius 2 is 2.17 bits per heavy atom. The number of carbonyl (C=O) groups is 2. The van der Waals surface area contributed by atoms with Crippen molar-refractivity contribution in [2.45, 2.75) is 31.1 Å². The molecule has 2 amide bonds. The van der Waals surface area contributed by atoms with Crippen LogP contribution in [-0.4, -0.2) is 52.3 Å². The highest BCUT2D eigenvalue weighted by Gasteiger charge is 2.48. The van der Waals surface area contributed by atoms with Crippen molar-refractivity contribution in [1.82, 2.24) is 14.7 Å². The van der Waals surface area contributed by atoms with Gasteiger partial charge in [0.25, 0.3) is 0 Å². The molecule has 1 aromatic heterocycles. The quantitative estimate of drug-likeness (QED) is 0.844. The lowest BCUT2D eigenvalue weighted by molar-refractivity contribution is -0.147. The largest absolute Gasteiger partial charge is 0.435 e. The van der Waals surface area contributed by atoms with E-state index in [2.05, 4.69) is 5.10 Å². The maximum absolute atomic E-state index is 12.5. The number of amides is 2. The molecule has 23 heavy (non-hydrogen) atoms. The zero-order valence-electron chi connectivity index (χ0n) is 12.5. The summed E-state index contributed by atoms with van der Waals surface area (Å²) in [5.41, 5.74) is 3.08. The predicted molar refractivity (Wildman–Crippen MR) is 72.0 cm³/mol. The fourth-order valence-corrected chi connectivity index (χ4v) is 2.78. The summed E-state index contributed by atoms with van der Waals surface area (Å²) < 4.78 is 43.5. The molecule has 1 saturated heterocycles. The van der Waals surface area contributed by atoms with Gasteiger partial charge in [0.15, 0.2) is 5.69 Å². The summed E-state index contributed by atoms with van der Waals surface area (Å²) in [4.78, 5) is 25.5. The van der Waals surface area contributed by atoms with Crippen LogP contribution >= 0.6 is 0 Å². The molecular weight excluding hydrogens is 317 g/mol. The number of nitrogens with two attached hydrogens (primary N) is 1. The van der Waals surface area contributed by atoms with E-state index in [1.54, 1.807) is 0 Å². The third-order valence-electron chi connectivity index (χ3n) is 3.86. The summed E-state index contributed by atoms with van der Waals surface area (Å²) in [6.07, 6.45) is -2.59. The van der Waals surface area contributed by atoms with Crippen molar-refractivity contribution < 1.29 is 27.5 Å². The lowest BCUT2D eigenvalue weighted by Crippen LogP contribution is -2.59. The van der Waals surface area contributed by atoms with Crippen LogP contribution in [0.5, 0.6) is 0 Å². The van der Waals surface area contributed by atoms with Gasteiger partial charge in [-0.3, -0.25) is 14.3 Å². The van der Waals surface area contributed by atoms with Crippen LogP contribution in [0.15, 0.2) is 12.3 Å². The molecule has 1 aliphatic heterocycles. The Morgan fingerprint density at radius 3 is 2.70 bits per heavy atom. The zero-order chi connectivity index (χ0) is 17.3. The molecule has 2 heterocycles. The Labute approximate surface area is 130 Å². The Kier molecular flexibility index (Phi) is 4.64. The van der Waals surface area contributed by atoms with Crippen molar-refractivity contribution in [2.24, 2.45) is 5.73 Å². The van der Waals surface area contributed by atoms with Gasteiger partial charge in [-0.2, -0.15) is 18.3 Å². The normalized spacial score (nSPS) is 21.7. The summed E-state index contributed by atoms with van der Waals surface area (Å²) in [6, 6.07) is 0.785. The predicted octanol–water partition coefficient (Wildman–Crippen LogP) is 0.395. The Bertz CT molecular complexity index is 602. The highest BCUT2D eigenvalue weighted by molar-refractivity contribution is 5.91. The molecule has 0 radical (unpaired) electrons. The highest BCUT2D eigenvalue weighted by atomic mass is 19.4. The molecule has 1 unspecified atom stereocenters. The molecular formula is C13H17F3N4O3. The molecule has 0 spiro atoms. The number of ether oxygens (including phenoxy) is 1. The van der Waals surface area contributed by atoms with E-state index in [0.717, 1.165) is 16.9 Å². The van der Waals surface area contributed by atoms with Gasteiger partial charge >= 0.3 is 6.18 Å². The highest BCUT2D eigenvalue weighted by Crippen LogP contribution is 2.30. The molecule has 1 aromatic rings. The molecule has 0 aliphatic carbocycles. The monoisotopic (exact) mass is 334 g/mol. The summed E-state index contributed by atoms with van der Waals surface area (Å²) >= 11 is 0. The van der Waals surface area contributed by atoms with Crippen LogP contribution in [0, 0.1) is 0 Å². The average Bonchev–Trinajstić information content (AvgIpc) is 3.05. The van der Waals surface area contributed by atoms with E-state index in [-0.39, 0.29) is 6.61 Å². The zero-order valence-corrected chi connectivity index (χ0v) is 12.5. The third-order valence-corrected chi connectivity index (χ3v) is 3.86. The minimum absolute atomic E-state index is 0.0546. The summed E-state index contributed by atoms with van der Waals surface area (Å²) in [5, 5.41) is 3.33. The second-order valence-corrected chi connectivity index (χ2v) is 5.37. The number of primary amides is 1. The first-order valence-electron chi connectivity index (χ1n) is 6.90. The van der Waals surface area contributed by atoms with Gasteiger partial charge in [-0.15, -0.1) is 0 Å². The maximum atomic E-state index is 12.5. The minimum atomic E-state index is -4.57. The van der Waals surface area contributed by atoms with Crippen LogP contribution in [-0.2, 0) is 27.0 Å². The first-order valence-corrected chi connectivity index (χ1v) is 6.90. The van der Waals surface area contributed by atoms with Crippen LogP contribution in [0.2, 0.25) is 0 Å².